The molecule has 15 heavy (non-hydrogen) atoms. The Labute approximate surface area is 92.8 Å². The fourth-order valence-corrected chi connectivity index (χ4v) is 1.23. The molecule has 0 N–H and O–H groups in total. The summed E-state index contributed by atoms with van der Waals surface area (Å²) in [6.07, 6.45) is 6.15. The second kappa shape index (κ2) is 7.10. The number of ether oxygens (including phenoxy) is 1. The van der Waals surface area contributed by atoms with E-state index in [2.05, 4.69) is 26.0 Å². The highest BCUT2D eigenvalue weighted by atomic mass is 16.5. The lowest BCUT2D eigenvalue weighted by atomic mass is 10.1. The Balaban J connectivity index is 2.18. The standard InChI is InChI=1S/C14H20O/c1-3-13(2)9-11-15-12-10-14-7-5-4-6-8-14/h4-8,10,12-13H,3,9,11H2,1-2H3/b12-10+. The second-order valence-corrected chi connectivity index (χ2v) is 3.89. The highest BCUT2D eigenvalue weighted by Crippen LogP contribution is 2.06. The molecule has 0 spiro atoms. The topological polar surface area (TPSA) is 9.23 Å². The first kappa shape index (κ1) is 11.8. The Bertz CT molecular complexity index is 277. The maximum absolute atomic E-state index is 5.43. The summed E-state index contributed by atoms with van der Waals surface area (Å²) in [5, 5.41) is 0. The van der Waals surface area contributed by atoms with Crippen LogP contribution in [0.15, 0.2) is 36.6 Å². The minimum atomic E-state index is 0.759. The summed E-state index contributed by atoms with van der Waals surface area (Å²) in [5.41, 5.74) is 1.18. The number of benzene rings is 1. The van der Waals surface area contributed by atoms with Crippen LogP contribution >= 0.6 is 0 Å². The lowest BCUT2D eigenvalue weighted by molar-refractivity contribution is 0.226. The van der Waals surface area contributed by atoms with Gasteiger partial charge in [0.05, 0.1) is 12.9 Å². The fraction of sp³-hybridized carbons (Fsp3) is 0.429. The smallest absolute Gasteiger partial charge is 0.0875 e. The van der Waals surface area contributed by atoms with Crippen molar-refractivity contribution in [2.45, 2.75) is 26.7 Å². The summed E-state index contributed by atoms with van der Waals surface area (Å²) < 4.78 is 5.43. The summed E-state index contributed by atoms with van der Waals surface area (Å²) in [6.45, 7) is 5.28. The highest BCUT2D eigenvalue weighted by Gasteiger charge is 1.96. The molecule has 0 aliphatic heterocycles. The molecule has 0 heterocycles. The lowest BCUT2D eigenvalue weighted by Gasteiger charge is -2.06. The van der Waals surface area contributed by atoms with Gasteiger partial charge in [-0.3, -0.25) is 0 Å². The Morgan fingerprint density at radius 3 is 2.67 bits per heavy atom. The van der Waals surface area contributed by atoms with Crippen LogP contribution in [-0.2, 0) is 4.74 Å². The van der Waals surface area contributed by atoms with Gasteiger partial charge < -0.3 is 4.74 Å². The number of hydrogen-bond donors (Lipinski definition) is 0. The molecule has 1 aromatic carbocycles. The van der Waals surface area contributed by atoms with E-state index in [1.54, 1.807) is 6.26 Å². The van der Waals surface area contributed by atoms with Crippen molar-refractivity contribution < 1.29 is 4.74 Å². The van der Waals surface area contributed by atoms with E-state index < -0.39 is 0 Å². The summed E-state index contributed by atoms with van der Waals surface area (Å²) >= 11 is 0. The Morgan fingerprint density at radius 2 is 2.00 bits per heavy atom. The molecule has 0 aliphatic rings. The van der Waals surface area contributed by atoms with Crippen molar-refractivity contribution in [3.05, 3.63) is 42.2 Å². The number of hydrogen-bond acceptors (Lipinski definition) is 1. The molecule has 82 valence electrons. The molecule has 0 aliphatic carbocycles. The van der Waals surface area contributed by atoms with Crippen LogP contribution < -0.4 is 0 Å². The average molecular weight is 204 g/mol. The molecule has 0 aromatic heterocycles. The van der Waals surface area contributed by atoms with Gasteiger partial charge in [-0.15, -0.1) is 0 Å². The molecule has 0 fully saturated rings. The fourth-order valence-electron chi connectivity index (χ4n) is 1.23. The normalized spacial score (nSPS) is 12.9. The zero-order valence-electron chi connectivity index (χ0n) is 9.65. The maximum Gasteiger partial charge on any atom is 0.0875 e. The van der Waals surface area contributed by atoms with Gasteiger partial charge in [-0.05, 0) is 24.0 Å². The van der Waals surface area contributed by atoms with E-state index in [0.29, 0.717) is 0 Å². The molecule has 0 radical (unpaired) electrons. The van der Waals surface area contributed by atoms with Crippen LogP contribution in [0.2, 0.25) is 0 Å². The maximum atomic E-state index is 5.43. The van der Waals surface area contributed by atoms with Crippen molar-refractivity contribution in [1.29, 1.82) is 0 Å². The van der Waals surface area contributed by atoms with E-state index in [0.717, 1.165) is 18.9 Å². The highest BCUT2D eigenvalue weighted by molar-refractivity contribution is 5.47. The van der Waals surface area contributed by atoms with Crippen LogP contribution in [0.3, 0.4) is 0 Å². The van der Waals surface area contributed by atoms with Crippen molar-refractivity contribution in [1.82, 2.24) is 0 Å². The lowest BCUT2D eigenvalue weighted by Crippen LogP contribution is -1.97. The third-order valence-electron chi connectivity index (χ3n) is 2.58. The summed E-state index contributed by atoms with van der Waals surface area (Å²) in [4.78, 5) is 0. The van der Waals surface area contributed by atoms with Gasteiger partial charge >= 0.3 is 0 Å². The average Bonchev–Trinajstić information content (AvgIpc) is 2.29. The Kier molecular flexibility index (Phi) is 5.60. The van der Waals surface area contributed by atoms with Crippen LogP contribution in [0.5, 0.6) is 0 Å². The molecule has 0 saturated heterocycles. The third kappa shape index (κ3) is 5.26. The predicted molar refractivity (Wildman–Crippen MR) is 65.5 cm³/mol. The summed E-state index contributed by atoms with van der Waals surface area (Å²) in [7, 11) is 0. The third-order valence-corrected chi connectivity index (χ3v) is 2.58. The van der Waals surface area contributed by atoms with Crippen molar-refractivity contribution >= 4 is 6.08 Å². The van der Waals surface area contributed by atoms with Crippen LogP contribution in [0.4, 0.5) is 0 Å². The Hall–Kier alpha value is -1.24. The molecule has 1 nitrogen and oxygen atoms in total. The first-order valence-corrected chi connectivity index (χ1v) is 5.66. The van der Waals surface area contributed by atoms with E-state index in [1.807, 2.05) is 24.3 Å². The SMILES string of the molecule is CCC(C)CCO/C=C/c1ccccc1. The number of rotatable bonds is 6. The zero-order chi connectivity index (χ0) is 10.9. The molecule has 0 saturated carbocycles. The largest absolute Gasteiger partial charge is 0.501 e. The van der Waals surface area contributed by atoms with Gasteiger partial charge in [-0.1, -0.05) is 50.6 Å². The second-order valence-electron chi connectivity index (χ2n) is 3.89. The van der Waals surface area contributed by atoms with Crippen molar-refractivity contribution in [2.75, 3.05) is 6.61 Å². The van der Waals surface area contributed by atoms with E-state index in [-0.39, 0.29) is 0 Å². The summed E-state index contributed by atoms with van der Waals surface area (Å²) in [5.74, 6) is 0.759. The van der Waals surface area contributed by atoms with Crippen LogP contribution in [0, 0.1) is 5.92 Å². The Morgan fingerprint density at radius 1 is 1.27 bits per heavy atom. The van der Waals surface area contributed by atoms with Crippen molar-refractivity contribution in [3.63, 3.8) is 0 Å². The van der Waals surface area contributed by atoms with Gasteiger partial charge in [0, 0.05) is 0 Å². The molecule has 1 unspecified atom stereocenters. The van der Waals surface area contributed by atoms with Gasteiger partial charge in [-0.2, -0.15) is 0 Å². The first-order chi connectivity index (χ1) is 7.33. The molecule has 0 bridgehead atoms. The molecule has 1 atom stereocenters. The predicted octanol–water partition coefficient (Wildman–Crippen LogP) is 4.11. The molecule has 0 amide bonds. The van der Waals surface area contributed by atoms with Gasteiger partial charge in [0.2, 0.25) is 0 Å². The first-order valence-electron chi connectivity index (χ1n) is 5.66. The van der Waals surface area contributed by atoms with Crippen molar-refractivity contribution in [3.8, 4) is 0 Å². The molecule has 1 rings (SSSR count). The van der Waals surface area contributed by atoms with Gasteiger partial charge in [0.1, 0.15) is 0 Å². The van der Waals surface area contributed by atoms with Crippen LogP contribution in [0.1, 0.15) is 32.3 Å². The quantitative estimate of drug-likeness (QED) is 0.500. The minimum Gasteiger partial charge on any atom is -0.501 e. The molecular formula is C14H20O. The zero-order valence-corrected chi connectivity index (χ0v) is 9.65. The van der Waals surface area contributed by atoms with E-state index in [1.165, 1.54) is 12.0 Å². The molecular weight excluding hydrogens is 184 g/mol. The van der Waals surface area contributed by atoms with Gasteiger partial charge in [0.25, 0.3) is 0 Å². The van der Waals surface area contributed by atoms with Gasteiger partial charge in [-0.25, -0.2) is 0 Å². The van der Waals surface area contributed by atoms with Gasteiger partial charge in [0.15, 0.2) is 0 Å². The molecule has 1 heteroatoms. The van der Waals surface area contributed by atoms with E-state index >= 15 is 0 Å². The minimum absolute atomic E-state index is 0.759. The van der Waals surface area contributed by atoms with Crippen LogP contribution in [-0.4, -0.2) is 6.61 Å². The monoisotopic (exact) mass is 204 g/mol. The summed E-state index contributed by atoms with van der Waals surface area (Å²) in [6, 6.07) is 10.2. The van der Waals surface area contributed by atoms with E-state index in [4.69, 9.17) is 4.74 Å². The van der Waals surface area contributed by atoms with E-state index in [9.17, 15) is 0 Å². The van der Waals surface area contributed by atoms with Crippen molar-refractivity contribution in [2.24, 2.45) is 5.92 Å². The molecule has 1 aromatic rings. The van der Waals surface area contributed by atoms with Crippen LogP contribution in [0.25, 0.3) is 6.08 Å².